The molecular weight excluding hydrogens is 248 g/mol. The van der Waals surface area contributed by atoms with Crippen LogP contribution in [-0.4, -0.2) is 43.4 Å². The van der Waals surface area contributed by atoms with Crippen LogP contribution in [-0.2, 0) is 9.53 Å². The molecule has 1 aliphatic rings. The average Bonchev–Trinajstić information content (AvgIpc) is 2.37. The summed E-state index contributed by atoms with van der Waals surface area (Å²) in [5, 5.41) is 14.6. The number of carbonyl (C=O) groups is 2. The first-order chi connectivity index (χ1) is 9.02. The summed E-state index contributed by atoms with van der Waals surface area (Å²) < 4.78 is 4.99. The molecule has 6 nitrogen and oxygen atoms in total. The van der Waals surface area contributed by atoms with Crippen molar-refractivity contribution in [3.63, 3.8) is 0 Å². The van der Waals surface area contributed by atoms with Gasteiger partial charge in [0.15, 0.2) is 0 Å². The molecular formula is C13H24N2O4. The van der Waals surface area contributed by atoms with Gasteiger partial charge in [0.2, 0.25) is 0 Å². The van der Waals surface area contributed by atoms with E-state index in [0.29, 0.717) is 26.0 Å². The highest BCUT2D eigenvalue weighted by Crippen LogP contribution is 2.24. The largest absolute Gasteiger partial charge is 0.481 e. The van der Waals surface area contributed by atoms with E-state index >= 15 is 0 Å². The lowest BCUT2D eigenvalue weighted by Gasteiger charge is -2.27. The van der Waals surface area contributed by atoms with Crippen LogP contribution in [0.2, 0.25) is 0 Å². The number of carboxylic acid groups (broad SMARTS) is 1. The lowest BCUT2D eigenvalue weighted by molar-refractivity contribution is -0.142. The van der Waals surface area contributed by atoms with E-state index in [1.54, 1.807) is 7.11 Å². The Morgan fingerprint density at radius 2 is 1.95 bits per heavy atom. The van der Waals surface area contributed by atoms with Crippen LogP contribution in [0.15, 0.2) is 0 Å². The van der Waals surface area contributed by atoms with Crippen LogP contribution in [0.25, 0.3) is 0 Å². The van der Waals surface area contributed by atoms with Crippen molar-refractivity contribution in [2.45, 2.75) is 38.6 Å². The number of aliphatic carboxylic acids is 1. The molecule has 1 unspecified atom stereocenters. The number of nitrogens with one attached hydrogen (secondary N) is 2. The molecule has 6 heteroatoms. The van der Waals surface area contributed by atoms with E-state index in [2.05, 4.69) is 10.6 Å². The highest BCUT2D eigenvalue weighted by molar-refractivity contribution is 5.74. The van der Waals surface area contributed by atoms with E-state index in [1.807, 2.05) is 6.92 Å². The number of amides is 2. The van der Waals surface area contributed by atoms with Crippen molar-refractivity contribution in [3.8, 4) is 0 Å². The Bertz CT molecular complexity index is 301. The van der Waals surface area contributed by atoms with E-state index in [4.69, 9.17) is 9.84 Å². The molecule has 0 radical (unpaired) electrons. The van der Waals surface area contributed by atoms with E-state index in [0.717, 1.165) is 12.8 Å². The van der Waals surface area contributed by atoms with Gasteiger partial charge in [-0.1, -0.05) is 6.92 Å². The zero-order valence-corrected chi connectivity index (χ0v) is 11.6. The molecule has 1 rings (SSSR count). The number of rotatable bonds is 6. The van der Waals surface area contributed by atoms with Gasteiger partial charge in [0, 0.05) is 19.7 Å². The second-order valence-electron chi connectivity index (χ2n) is 5.30. The van der Waals surface area contributed by atoms with Gasteiger partial charge in [-0.2, -0.15) is 0 Å². The van der Waals surface area contributed by atoms with Gasteiger partial charge in [0.25, 0.3) is 0 Å². The fourth-order valence-corrected chi connectivity index (χ4v) is 2.33. The Labute approximate surface area is 113 Å². The van der Waals surface area contributed by atoms with Gasteiger partial charge in [0.05, 0.1) is 12.5 Å². The van der Waals surface area contributed by atoms with Crippen molar-refractivity contribution >= 4 is 12.0 Å². The number of hydrogen-bond acceptors (Lipinski definition) is 3. The van der Waals surface area contributed by atoms with E-state index in [-0.39, 0.29) is 23.9 Å². The van der Waals surface area contributed by atoms with Crippen LogP contribution in [0.5, 0.6) is 0 Å². The molecule has 110 valence electrons. The van der Waals surface area contributed by atoms with Crippen molar-refractivity contribution in [2.75, 3.05) is 20.3 Å². The molecule has 0 saturated heterocycles. The van der Waals surface area contributed by atoms with Crippen molar-refractivity contribution in [1.29, 1.82) is 0 Å². The minimum absolute atomic E-state index is 0.0910. The van der Waals surface area contributed by atoms with E-state index in [1.165, 1.54) is 0 Å². The van der Waals surface area contributed by atoms with E-state index in [9.17, 15) is 9.59 Å². The number of ether oxygens (including phenoxy) is 1. The fraction of sp³-hybridized carbons (Fsp3) is 0.846. The topological polar surface area (TPSA) is 87.7 Å². The molecule has 0 aromatic carbocycles. The highest BCUT2D eigenvalue weighted by atomic mass is 16.5. The molecule has 0 heterocycles. The summed E-state index contributed by atoms with van der Waals surface area (Å²) in [6.07, 6.45) is 2.75. The molecule has 1 aliphatic carbocycles. The number of carbonyl (C=O) groups excluding carboxylic acids is 1. The predicted octanol–water partition coefficient (Wildman–Crippen LogP) is 1.21. The molecule has 1 saturated carbocycles. The van der Waals surface area contributed by atoms with Crippen molar-refractivity contribution in [2.24, 2.45) is 11.8 Å². The smallest absolute Gasteiger partial charge is 0.315 e. The Hall–Kier alpha value is -1.30. The Morgan fingerprint density at radius 1 is 1.32 bits per heavy atom. The third-order valence-electron chi connectivity index (χ3n) is 3.47. The maximum atomic E-state index is 11.7. The van der Waals surface area contributed by atoms with Gasteiger partial charge in [0.1, 0.15) is 0 Å². The molecule has 19 heavy (non-hydrogen) atoms. The first-order valence-electron chi connectivity index (χ1n) is 6.79. The molecule has 0 bridgehead atoms. The zero-order chi connectivity index (χ0) is 14.3. The normalized spacial score (nSPS) is 24.5. The second-order valence-corrected chi connectivity index (χ2v) is 5.30. The standard InChI is InChI=1S/C13H24N2O4/c1-9(8-19-2)7-14-13(18)15-11-5-3-10(4-6-11)12(16)17/h9-11H,3-8H2,1-2H3,(H,16,17)(H2,14,15,18). The van der Waals surface area contributed by atoms with Crippen molar-refractivity contribution in [1.82, 2.24) is 10.6 Å². The van der Waals surface area contributed by atoms with Crippen LogP contribution in [0.1, 0.15) is 32.6 Å². The lowest BCUT2D eigenvalue weighted by atomic mass is 9.86. The summed E-state index contributed by atoms with van der Waals surface area (Å²) in [5.41, 5.74) is 0. The van der Waals surface area contributed by atoms with Crippen molar-refractivity contribution < 1.29 is 19.4 Å². The number of urea groups is 1. The van der Waals surface area contributed by atoms with Gasteiger partial charge in [-0.15, -0.1) is 0 Å². The number of hydrogen-bond donors (Lipinski definition) is 3. The summed E-state index contributed by atoms with van der Waals surface area (Å²) >= 11 is 0. The minimum Gasteiger partial charge on any atom is -0.481 e. The molecule has 1 fully saturated rings. The number of methoxy groups -OCH3 is 1. The maximum Gasteiger partial charge on any atom is 0.315 e. The molecule has 2 amide bonds. The maximum absolute atomic E-state index is 11.7. The third kappa shape index (κ3) is 5.92. The Morgan fingerprint density at radius 3 is 2.47 bits per heavy atom. The van der Waals surface area contributed by atoms with Crippen LogP contribution in [0.3, 0.4) is 0 Å². The van der Waals surface area contributed by atoms with E-state index < -0.39 is 5.97 Å². The molecule has 0 spiro atoms. The first kappa shape index (κ1) is 15.8. The SMILES string of the molecule is COCC(C)CNC(=O)NC1CCC(C(=O)O)CC1. The van der Waals surface area contributed by atoms with Gasteiger partial charge in [-0.3, -0.25) is 4.79 Å². The monoisotopic (exact) mass is 272 g/mol. The third-order valence-corrected chi connectivity index (χ3v) is 3.47. The average molecular weight is 272 g/mol. The summed E-state index contributed by atoms with van der Waals surface area (Å²) in [5.74, 6) is -0.697. The van der Waals surface area contributed by atoms with Crippen LogP contribution >= 0.6 is 0 Å². The Balaban J connectivity index is 2.18. The summed E-state index contributed by atoms with van der Waals surface area (Å²) in [6, 6.07) is -0.0879. The quantitative estimate of drug-likeness (QED) is 0.678. The van der Waals surface area contributed by atoms with Gasteiger partial charge < -0.3 is 20.5 Å². The zero-order valence-electron chi connectivity index (χ0n) is 11.6. The van der Waals surface area contributed by atoms with Crippen molar-refractivity contribution in [3.05, 3.63) is 0 Å². The van der Waals surface area contributed by atoms with Gasteiger partial charge in [-0.05, 0) is 31.6 Å². The molecule has 0 aromatic heterocycles. The molecule has 0 aromatic rings. The van der Waals surface area contributed by atoms with Gasteiger partial charge >= 0.3 is 12.0 Å². The minimum atomic E-state index is -0.726. The highest BCUT2D eigenvalue weighted by Gasteiger charge is 2.26. The molecule has 1 atom stereocenters. The summed E-state index contributed by atoms with van der Waals surface area (Å²) in [7, 11) is 1.64. The number of carboxylic acids is 1. The summed E-state index contributed by atoms with van der Waals surface area (Å²) in [6.45, 7) is 3.19. The Kier molecular flexibility index (Phi) is 6.62. The molecule has 0 aliphatic heterocycles. The van der Waals surface area contributed by atoms with Crippen LogP contribution in [0.4, 0.5) is 4.79 Å². The predicted molar refractivity (Wildman–Crippen MR) is 71.0 cm³/mol. The first-order valence-corrected chi connectivity index (χ1v) is 6.79. The van der Waals surface area contributed by atoms with Crippen LogP contribution < -0.4 is 10.6 Å². The van der Waals surface area contributed by atoms with Gasteiger partial charge in [-0.25, -0.2) is 4.79 Å². The summed E-state index contributed by atoms with van der Waals surface area (Å²) in [4.78, 5) is 22.5. The molecule has 3 N–H and O–H groups in total. The van der Waals surface area contributed by atoms with Crippen LogP contribution in [0, 0.1) is 11.8 Å². The lowest BCUT2D eigenvalue weighted by Crippen LogP contribution is -2.45. The fourth-order valence-electron chi connectivity index (χ4n) is 2.33. The second kappa shape index (κ2) is 7.99.